The first-order valence-electron chi connectivity index (χ1n) is 16.2. The lowest BCUT2D eigenvalue weighted by Crippen LogP contribution is -2.42. The fourth-order valence-corrected chi connectivity index (χ4v) is 6.88. The molecule has 6 heteroatoms. The van der Waals surface area contributed by atoms with Gasteiger partial charge in [0.15, 0.2) is 0 Å². The predicted octanol–water partition coefficient (Wildman–Crippen LogP) is 6.65. The molecule has 2 bridgehead atoms. The molecule has 0 aromatic carbocycles. The van der Waals surface area contributed by atoms with E-state index in [2.05, 4.69) is 54.8 Å². The van der Waals surface area contributed by atoms with Crippen LogP contribution in [0, 0.1) is 0 Å². The van der Waals surface area contributed by atoms with Gasteiger partial charge in [0.25, 0.3) is 0 Å². The molecule has 2 unspecified atom stereocenters. The van der Waals surface area contributed by atoms with Gasteiger partial charge in [-0.25, -0.2) is 9.97 Å². The minimum Gasteiger partial charge on any atom is -0.379 e. The molecule has 3 fully saturated rings. The average Bonchev–Trinajstić information content (AvgIpc) is 3.20. The minimum atomic E-state index is 0.377. The van der Waals surface area contributed by atoms with E-state index in [1.165, 1.54) is 115 Å². The van der Waals surface area contributed by atoms with Crippen molar-refractivity contribution in [3.63, 3.8) is 0 Å². The Morgan fingerprint density at radius 2 is 1.39 bits per heavy atom. The van der Waals surface area contributed by atoms with Gasteiger partial charge in [-0.05, 0) is 104 Å². The van der Waals surface area contributed by atoms with Gasteiger partial charge in [0, 0.05) is 50.2 Å². The van der Waals surface area contributed by atoms with Gasteiger partial charge in [-0.3, -0.25) is 4.90 Å². The molecule has 6 nitrogen and oxygen atoms in total. The van der Waals surface area contributed by atoms with Gasteiger partial charge in [-0.1, -0.05) is 38.5 Å². The molecule has 0 spiro atoms. The summed E-state index contributed by atoms with van der Waals surface area (Å²) in [6, 6.07) is 1.82. The van der Waals surface area contributed by atoms with Crippen LogP contribution in [0.15, 0.2) is 12.4 Å². The molecular weight excluding hydrogens is 470 g/mol. The Labute approximate surface area is 233 Å². The van der Waals surface area contributed by atoms with Crippen molar-refractivity contribution in [2.24, 2.45) is 0 Å². The molecule has 0 saturated carbocycles. The normalized spacial score (nSPS) is 23.6. The number of anilines is 1. The first-order valence-corrected chi connectivity index (χ1v) is 16.2. The Bertz CT molecular complexity index is 777. The largest absolute Gasteiger partial charge is 0.379 e. The zero-order valence-electron chi connectivity index (χ0n) is 25.1. The highest BCUT2D eigenvalue weighted by Crippen LogP contribution is 2.34. The lowest BCUT2D eigenvalue weighted by molar-refractivity contribution is 0.0756. The molecule has 4 rings (SSSR count). The van der Waals surface area contributed by atoms with Gasteiger partial charge in [0.1, 0.15) is 0 Å². The molecule has 0 aliphatic carbocycles. The first kappa shape index (κ1) is 29.7. The van der Waals surface area contributed by atoms with Gasteiger partial charge in [-0.15, -0.1) is 0 Å². The molecule has 3 aliphatic heterocycles. The SMILES string of the molecule is CC(C)OCCCCCCCCCCN1CCC(c2cnc(N3C4CCC3CN(C(C)C)CC4)nc2)CC1. The summed E-state index contributed by atoms with van der Waals surface area (Å²) >= 11 is 0. The fraction of sp³-hybridized carbons (Fsp3) is 0.875. The van der Waals surface area contributed by atoms with Crippen LogP contribution < -0.4 is 4.90 Å². The van der Waals surface area contributed by atoms with Crippen molar-refractivity contribution >= 4 is 5.95 Å². The second-order valence-electron chi connectivity index (χ2n) is 12.8. The van der Waals surface area contributed by atoms with Gasteiger partial charge < -0.3 is 14.5 Å². The summed E-state index contributed by atoms with van der Waals surface area (Å²) in [5.41, 5.74) is 1.36. The van der Waals surface area contributed by atoms with Crippen molar-refractivity contribution in [3.05, 3.63) is 18.0 Å². The van der Waals surface area contributed by atoms with Crippen LogP contribution in [0.1, 0.15) is 123 Å². The number of nitrogens with zero attached hydrogens (tertiary/aromatic N) is 5. The summed E-state index contributed by atoms with van der Waals surface area (Å²) in [6.07, 6.45) is 21.9. The van der Waals surface area contributed by atoms with E-state index in [-0.39, 0.29) is 0 Å². The van der Waals surface area contributed by atoms with Crippen molar-refractivity contribution in [2.75, 3.05) is 44.2 Å². The standard InChI is InChI=1S/C32H57N5O/c1-26(2)36-21-17-30-13-14-31(25-36)37(30)32-33-23-29(24-34-32)28-15-19-35(20-16-28)18-11-9-7-5-6-8-10-12-22-38-27(3)4/h23-24,26-28,30-31H,5-22,25H2,1-4H3. The highest BCUT2D eigenvalue weighted by atomic mass is 16.5. The highest BCUT2D eigenvalue weighted by Gasteiger charge is 2.39. The summed E-state index contributed by atoms with van der Waals surface area (Å²) in [4.78, 5) is 17.8. The zero-order valence-corrected chi connectivity index (χ0v) is 25.1. The molecule has 0 radical (unpaired) electrons. The quantitative estimate of drug-likeness (QED) is 0.238. The maximum atomic E-state index is 5.63. The van der Waals surface area contributed by atoms with Crippen LogP contribution in [0.3, 0.4) is 0 Å². The number of fused-ring (bicyclic) bond motifs is 2. The molecule has 3 saturated heterocycles. The van der Waals surface area contributed by atoms with Crippen LogP contribution in [0.25, 0.3) is 0 Å². The molecule has 216 valence electrons. The van der Waals surface area contributed by atoms with Gasteiger partial charge in [0.05, 0.1) is 6.10 Å². The second kappa shape index (κ2) is 15.5. The van der Waals surface area contributed by atoms with E-state index in [1.807, 2.05) is 0 Å². The summed E-state index contributed by atoms with van der Waals surface area (Å²) in [7, 11) is 0. The first-order chi connectivity index (χ1) is 18.5. The molecule has 2 atom stereocenters. The lowest BCUT2D eigenvalue weighted by Gasteiger charge is -2.32. The van der Waals surface area contributed by atoms with Crippen LogP contribution in [0.4, 0.5) is 5.95 Å². The van der Waals surface area contributed by atoms with Gasteiger partial charge in [0.2, 0.25) is 5.95 Å². The molecule has 3 aliphatic rings. The third-order valence-corrected chi connectivity index (χ3v) is 9.31. The number of piperidine rings is 1. The maximum absolute atomic E-state index is 5.63. The van der Waals surface area contributed by atoms with Crippen molar-refractivity contribution < 1.29 is 4.74 Å². The number of unbranched alkanes of at least 4 members (excludes halogenated alkanes) is 7. The van der Waals surface area contributed by atoms with Crippen LogP contribution in [0.2, 0.25) is 0 Å². The molecule has 1 aromatic heterocycles. The van der Waals surface area contributed by atoms with E-state index >= 15 is 0 Å². The molecule has 0 amide bonds. The van der Waals surface area contributed by atoms with Crippen molar-refractivity contribution in [1.29, 1.82) is 0 Å². The number of hydrogen-bond acceptors (Lipinski definition) is 6. The number of likely N-dealkylation sites (tertiary alicyclic amines) is 2. The van der Waals surface area contributed by atoms with E-state index in [9.17, 15) is 0 Å². The fourth-order valence-electron chi connectivity index (χ4n) is 6.88. The Balaban J connectivity index is 1.09. The van der Waals surface area contributed by atoms with Gasteiger partial charge >= 0.3 is 0 Å². The summed E-state index contributed by atoms with van der Waals surface area (Å²) in [5, 5.41) is 0. The zero-order chi connectivity index (χ0) is 26.7. The topological polar surface area (TPSA) is 44.7 Å². The Hall–Kier alpha value is -1.24. The van der Waals surface area contributed by atoms with E-state index in [0.29, 0.717) is 30.1 Å². The smallest absolute Gasteiger partial charge is 0.225 e. The molecule has 38 heavy (non-hydrogen) atoms. The van der Waals surface area contributed by atoms with Crippen LogP contribution in [-0.2, 0) is 4.74 Å². The minimum absolute atomic E-state index is 0.377. The monoisotopic (exact) mass is 527 g/mol. The summed E-state index contributed by atoms with van der Waals surface area (Å²) < 4.78 is 5.63. The predicted molar refractivity (Wildman–Crippen MR) is 159 cm³/mol. The van der Waals surface area contributed by atoms with E-state index in [1.54, 1.807) is 0 Å². The van der Waals surface area contributed by atoms with Gasteiger partial charge in [-0.2, -0.15) is 0 Å². The second-order valence-corrected chi connectivity index (χ2v) is 12.8. The highest BCUT2D eigenvalue weighted by molar-refractivity contribution is 5.37. The molecular formula is C32H57N5O. The molecule has 0 N–H and O–H groups in total. The number of rotatable bonds is 15. The number of hydrogen-bond donors (Lipinski definition) is 0. The summed E-state index contributed by atoms with van der Waals surface area (Å²) in [5.74, 6) is 1.60. The Morgan fingerprint density at radius 1 is 0.763 bits per heavy atom. The van der Waals surface area contributed by atoms with Crippen molar-refractivity contribution in [2.45, 2.75) is 141 Å². The third-order valence-electron chi connectivity index (χ3n) is 9.31. The van der Waals surface area contributed by atoms with Crippen LogP contribution in [-0.4, -0.2) is 83.3 Å². The molecule has 4 heterocycles. The van der Waals surface area contributed by atoms with Crippen molar-refractivity contribution in [1.82, 2.24) is 19.8 Å². The van der Waals surface area contributed by atoms with E-state index in [0.717, 1.165) is 19.1 Å². The summed E-state index contributed by atoms with van der Waals surface area (Å²) in [6.45, 7) is 15.9. The maximum Gasteiger partial charge on any atom is 0.225 e. The molecule has 1 aromatic rings. The number of aromatic nitrogens is 2. The lowest BCUT2D eigenvalue weighted by atomic mass is 9.91. The average molecular weight is 528 g/mol. The van der Waals surface area contributed by atoms with Crippen LogP contribution >= 0.6 is 0 Å². The number of ether oxygens (including phenoxy) is 1. The van der Waals surface area contributed by atoms with E-state index < -0.39 is 0 Å². The van der Waals surface area contributed by atoms with Crippen LogP contribution in [0.5, 0.6) is 0 Å². The van der Waals surface area contributed by atoms with Crippen molar-refractivity contribution in [3.8, 4) is 0 Å². The third kappa shape index (κ3) is 8.89. The Kier molecular flexibility index (Phi) is 12.1. The Morgan fingerprint density at radius 3 is 2.05 bits per heavy atom. The van der Waals surface area contributed by atoms with E-state index in [4.69, 9.17) is 14.7 Å².